The van der Waals surface area contributed by atoms with E-state index in [4.69, 9.17) is 4.74 Å². The minimum atomic E-state index is -0.336. The SMILES string of the molecule is CONC(=O)c1cc(OC)c2nc[nH]c2c1. The van der Waals surface area contributed by atoms with E-state index < -0.39 is 0 Å². The van der Waals surface area contributed by atoms with Gasteiger partial charge in [-0.25, -0.2) is 10.5 Å². The summed E-state index contributed by atoms with van der Waals surface area (Å²) in [7, 11) is 2.91. The highest BCUT2D eigenvalue weighted by Gasteiger charge is 2.11. The molecule has 6 heteroatoms. The van der Waals surface area contributed by atoms with Crippen LogP contribution in [-0.4, -0.2) is 30.1 Å². The van der Waals surface area contributed by atoms with Crippen LogP contribution in [0, 0.1) is 0 Å². The Morgan fingerprint density at radius 1 is 1.44 bits per heavy atom. The first kappa shape index (κ1) is 10.4. The van der Waals surface area contributed by atoms with Crippen molar-refractivity contribution in [2.75, 3.05) is 14.2 Å². The van der Waals surface area contributed by atoms with Crippen LogP contribution < -0.4 is 10.2 Å². The van der Waals surface area contributed by atoms with Crippen LogP contribution in [-0.2, 0) is 4.84 Å². The number of imidazole rings is 1. The number of nitrogens with zero attached hydrogens (tertiary/aromatic N) is 1. The number of hydrogen-bond acceptors (Lipinski definition) is 4. The number of amides is 1. The molecule has 0 spiro atoms. The van der Waals surface area contributed by atoms with E-state index in [1.54, 1.807) is 18.5 Å². The fraction of sp³-hybridized carbons (Fsp3) is 0.200. The summed E-state index contributed by atoms with van der Waals surface area (Å²) in [5.74, 6) is 0.206. The second-order valence-electron chi connectivity index (χ2n) is 3.11. The molecular formula is C10H11N3O3. The number of aromatic nitrogens is 2. The van der Waals surface area contributed by atoms with Crippen molar-refractivity contribution in [3.63, 3.8) is 0 Å². The van der Waals surface area contributed by atoms with Gasteiger partial charge in [0.15, 0.2) is 0 Å². The molecule has 0 saturated heterocycles. The average Bonchev–Trinajstić information content (AvgIpc) is 2.75. The first-order valence-electron chi connectivity index (χ1n) is 4.60. The monoisotopic (exact) mass is 221 g/mol. The number of benzene rings is 1. The number of ether oxygens (including phenoxy) is 1. The second kappa shape index (κ2) is 4.19. The van der Waals surface area contributed by atoms with Gasteiger partial charge in [0.1, 0.15) is 11.3 Å². The molecule has 1 amide bonds. The van der Waals surface area contributed by atoms with Crippen molar-refractivity contribution in [3.05, 3.63) is 24.0 Å². The van der Waals surface area contributed by atoms with Gasteiger partial charge in [-0.2, -0.15) is 0 Å². The average molecular weight is 221 g/mol. The van der Waals surface area contributed by atoms with Crippen molar-refractivity contribution in [1.29, 1.82) is 0 Å². The summed E-state index contributed by atoms with van der Waals surface area (Å²) < 4.78 is 5.15. The van der Waals surface area contributed by atoms with E-state index in [1.807, 2.05) is 0 Å². The number of carbonyl (C=O) groups excluding carboxylic acids is 1. The van der Waals surface area contributed by atoms with Crippen molar-refractivity contribution in [2.45, 2.75) is 0 Å². The Kier molecular flexibility index (Phi) is 2.74. The summed E-state index contributed by atoms with van der Waals surface area (Å²) in [6.07, 6.45) is 1.55. The maximum atomic E-state index is 11.6. The molecule has 2 aromatic rings. The van der Waals surface area contributed by atoms with Crippen LogP contribution in [0.4, 0.5) is 0 Å². The van der Waals surface area contributed by atoms with Gasteiger partial charge in [0.25, 0.3) is 5.91 Å². The van der Waals surface area contributed by atoms with Gasteiger partial charge in [-0.15, -0.1) is 0 Å². The summed E-state index contributed by atoms with van der Waals surface area (Å²) in [5, 5.41) is 0. The van der Waals surface area contributed by atoms with Crippen molar-refractivity contribution in [3.8, 4) is 5.75 Å². The predicted octanol–water partition coefficient (Wildman–Crippen LogP) is 0.863. The van der Waals surface area contributed by atoms with Crippen LogP contribution in [0.5, 0.6) is 5.75 Å². The first-order valence-corrected chi connectivity index (χ1v) is 4.60. The second-order valence-corrected chi connectivity index (χ2v) is 3.11. The molecule has 0 fully saturated rings. The lowest BCUT2D eigenvalue weighted by Crippen LogP contribution is -2.21. The summed E-state index contributed by atoms with van der Waals surface area (Å²) in [4.78, 5) is 23.1. The topological polar surface area (TPSA) is 76.2 Å². The first-order chi connectivity index (χ1) is 7.76. The third-order valence-corrected chi connectivity index (χ3v) is 2.17. The van der Waals surface area contributed by atoms with Gasteiger partial charge >= 0.3 is 0 Å². The Hall–Kier alpha value is -2.08. The summed E-state index contributed by atoms with van der Waals surface area (Å²) >= 11 is 0. The van der Waals surface area contributed by atoms with E-state index in [9.17, 15) is 4.79 Å². The van der Waals surface area contributed by atoms with Crippen LogP contribution in [0.25, 0.3) is 11.0 Å². The summed E-state index contributed by atoms with van der Waals surface area (Å²) in [6.45, 7) is 0. The zero-order valence-electron chi connectivity index (χ0n) is 8.90. The van der Waals surface area contributed by atoms with Gasteiger partial charge in [-0.3, -0.25) is 9.63 Å². The van der Waals surface area contributed by atoms with Crippen molar-refractivity contribution < 1.29 is 14.4 Å². The van der Waals surface area contributed by atoms with Crippen LogP contribution in [0.3, 0.4) is 0 Å². The highest BCUT2D eigenvalue weighted by Crippen LogP contribution is 2.24. The third kappa shape index (κ3) is 1.70. The molecule has 0 aliphatic carbocycles. The maximum absolute atomic E-state index is 11.6. The molecule has 6 nitrogen and oxygen atoms in total. The molecule has 0 bridgehead atoms. The highest BCUT2D eigenvalue weighted by molar-refractivity contribution is 5.98. The van der Waals surface area contributed by atoms with Gasteiger partial charge in [0, 0.05) is 5.56 Å². The fourth-order valence-corrected chi connectivity index (χ4v) is 1.46. The van der Waals surface area contributed by atoms with Gasteiger partial charge in [0.05, 0.1) is 26.1 Å². The highest BCUT2D eigenvalue weighted by atomic mass is 16.6. The molecule has 2 rings (SSSR count). The van der Waals surface area contributed by atoms with E-state index in [0.717, 1.165) is 5.52 Å². The van der Waals surface area contributed by atoms with E-state index >= 15 is 0 Å². The van der Waals surface area contributed by atoms with Gasteiger partial charge in [-0.05, 0) is 12.1 Å². The number of H-pyrrole nitrogens is 1. The van der Waals surface area contributed by atoms with Crippen LogP contribution in [0.1, 0.15) is 10.4 Å². The van der Waals surface area contributed by atoms with Gasteiger partial charge in [-0.1, -0.05) is 0 Å². The zero-order valence-corrected chi connectivity index (χ0v) is 8.90. The van der Waals surface area contributed by atoms with E-state index in [1.165, 1.54) is 14.2 Å². The third-order valence-electron chi connectivity index (χ3n) is 2.17. The van der Waals surface area contributed by atoms with Gasteiger partial charge in [0.2, 0.25) is 0 Å². The molecule has 84 valence electrons. The molecule has 1 aromatic carbocycles. The van der Waals surface area contributed by atoms with Gasteiger partial charge < -0.3 is 9.72 Å². The Bertz CT molecular complexity index is 521. The number of hydrogen-bond donors (Lipinski definition) is 2. The number of hydroxylamine groups is 1. The van der Waals surface area contributed by atoms with Crippen molar-refractivity contribution in [2.24, 2.45) is 0 Å². The summed E-state index contributed by atoms with van der Waals surface area (Å²) in [6, 6.07) is 3.29. The molecule has 0 saturated carbocycles. The quantitative estimate of drug-likeness (QED) is 0.754. The lowest BCUT2D eigenvalue weighted by Gasteiger charge is -2.05. The summed E-state index contributed by atoms with van der Waals surface area (Å²) in [5.41, 5.74) is 4.11. The number of methoxy groups -OCH3 is 1. The molecule has 0 aliphatic heterocycles. The molecule has 0 radical (unpaired) electrons. The van der Waals surface area contributed by atoms with Crippen LogP contribution in [0.15, 0.2) is 18.5 Å². The zero-order chi connectivity index (χ0) is 11.5. The molecule has 1 aromatic heterocycles. The molecule has 0 unspecified atom stereocenters. The Morgan fingerprint density at radius 2 is 2.25 bits per heavy atom. The lowest BCUT2D eigenvalue weighted by molar-refractivity contribution is 0.0537. The fourth-order valence-electron chi connectivity index (χ4n) is 1.46. The van der Waals surface area contributed by atoms with Crippen LogP contribution in [0.2, 0.25) is 0 Å². The van der Waals surface area contributed by atoms with Crippen molar-refractivity contribution in [1.82, 2.24) is 15.4 Å². The minimum absolute atomic E-state index is 0.336. The predicted molar refractivity (Wildman–Crippen MR) is 57.1 cm³/mol. The molecule has 16 heavy (non-hydrogen) atoms. The van der Waals surface area contributed by atoms with E-state index in [-0.39, 0.29) is 5.91 Å². The maximum Gasteiger partial charge on any atom is 0.275 e. The minimum Gasteiger partial charge on any atom is -0.494 e. The normalized spacial score (nSPS) is 10.4. The molecule has 0 aliphatic rings. The number of nitrogens with one attached hydrogen (secondary N) is 2. The number of aromatic amines is 1. The van der Waals surface area contributed by atoms with E-state index in [0.29, 0.717) is 16.8 Å². The number of carbonyl (C=O) groups is 1. The molecule has 0 atom stereocenters. The van der Waals surface area contributed by atoms with Crippen molar-refractivity contribution >= 4 is 16.9 Å². The van der Waals surface area contributed by atoms with Crippen LogP contribution >= 0.6 is 0 Å². The Labute approximate surface area is 91.5 Å². The number of fused-ring (bicyclic) bond motifs is 1. The largest absolute Gasteiger partial charge is 0.494 e. The lowest BCUT2D eigenvalue weighted by atomic mass is 10.2. The molecular weight excluding hydrogens is 210 g/mol. The molecule has 2 N–H and O–H groups in total. The number of rotatable bonds is 3. The molecule has 1 heterocycles. The Balaban J connectivity index is 2.51. The Morgan fingerprint density at radius 3 is 2.94 bits per heavy atom. The smallest absolute Gasteiger partial charge is 0.275 e. The standard InChI is InChI=1S/C10H11N3O3/c1-15-8-4-6(10(14)13-16-2)3-7-9(8)12-5-11-7/h3-5H,1-2H3,(H,11,12)(H,13,14). The van der Waals surface area contributed by atoms with E-state index in [2.05, 4.69) is 20.3 Å².